The molecule has 1 aromatic heterocycles. The Kier molecular flexibility index (Phi) is 7.51. The number of alkyl carbamates (subject to hydrolysis) is 1. The van der Waals surface area contributed by atoms with Crippen LogP contribution in [0.25, 0.3) is 0 Å². The number of halogens is 1. The Labute approximate surface area is 235 Å². The van der Waals surface area contributed by atoms with Crippen molar-refractivity contribution in [1.82, 2.24) is 15.3 Å². The van der Waals surface area contributed by atoms with Gasteiger partial charge >= 0.3 is 6.09 Å². The van der Waals surface area contributed by atoms with E-state index >= 15 is 0 Å². The van der Waals surface area contributed by atoms with Crippen molar-refractivity contribution in [2.45, 2.75) is 71.1 Å². The van der Waals surface area contributed by atoms with Gasteiger partial charge in [-0.15, -0.1) is 0 Å². The number of nitrogens with one attached hydrogen (secondary N) is 3. The van der Waals surface area contributed by atoms with Gasteiger partial charge in [-0.05, 0) is 99.8 Å². The number of methoxy groups -OCH3 is 1. The largest absolute Gasteiger partial charge is 0.497 e. The van der Waals surface area contributed by atoms with E-state index in [9.17, 15) is 10.1 Å². The number of benzene rings is 1. The summed E-state index contributed by atoms with van der Waals surface area (Å²) >= 11 is 6.34. The van der Waals surface area contributed by atoms with Crippen LogP contribution in [-0.2, 0) is 11.3 Å². The Bertz CT molecular complexity index is 1260. The van der Waals surface area contributed by atoms with Gasteiger partial charge in [0.1, 0.15) is 28.8 Å². The summed E-state index contributed by atoms with van der Waals surface area (Å²) in [6.45, 7) is 6.83. The summed E-state index contributed by atoms with van der Waals surface area (Å²) in [5, 5.41) is 20.2. The van der Waals surface area contributed by atoms with Crippen LogP contribution in [0.1, 0.15) is 64.0 Å². The van der Waals surface area contributed by atoms with Crippen molar-refractivity contribution in [3.05, 3.63) is 40.5 Å². The minimum Gasteiger partial charge on any atom is -0.497 e. The molecule has 3 unspecified atom stereocenters. The molecule has 39 heavy (non-hydrogen) atoms. The number of ether oxygens (including phenoxy) is 2. The minimum atomic E-state index is -0.509. The zero-order valence-electron chi connectivity index (χ0n) is 23.0. The van der Waals surface area contributed by atoms with Crippen LogP contribution in [0.2, 0.25) is 5.02 Å². The molecular weight excluding hydrogens is 516 g/mol. The zero-order chi connectivity index (χ0) is 27.8. The Morgan fingerprint density at radius 2 is 1.95 bits per heavy atom. The molecule has 0 radical (unpaired) electrons. The molecule has 6 rings (SSSR count). The van der Waals surface area contributed by atoms with E-state index in [-0.39, 0.29) is 17.6 Å². The molecule has 10 heteroatoms. The molecule has 4 saturated carbocycles. The lowest BCUT2D eigenvalue weighted by Gasteiger charge is -2.60. The van der Waals surface area contributed by atoms with Crippen molar-refractivity contribution in [1.29, 1.82) is 5.26 Å². The average Bonchev–Trinajstić information content (AvgIpc) is 2.88. The summed E-state index contributed by atoms with van der Waals surface area (Å²) in [5.74, 6) is 3.23. The summed E-state index contributed by atoms with van der Waals surface area (Å²) in [4.78, 5) is 21.5. The molecule has 4 bridgehead atoms. The van der Waals surface area contributed by atoms with Crippen LogP contribution < -0.4 is 20.7 Å². The highest BCUT2D eigenvalue weighted by Gasteiger charge is 2.55. The lowest BCUT2D eigenvalue weighted by Crippen LogP contribution is -2.60. The normalized spacial score (nSPS) is 27.0. The fourth-order valence-electron chi connectivity index (χ4n) is 7.03. The van der Waals surface area contributed by atoms with E-state index in [1.54, 1.807) is 19.4 Å². The lowest BCUT2D eigenvalue weighted by molar-refractivity contribution is -0.0703. The number of rotatable bonds is 8. The first-order chi connectivity index (χ1) is 18.6. The molecule has 2 aromatic rings. The average molecular weight is 553 g/mol. The number of carbonyl (C=O) groups is 1. The first-order valence-electron chi connectivity index (χ1n) is 13.6. The van der Waals surface area contributed by atoms with E-state index in [0.717, 1.165) is 43.5 Å². The molecule has 5 atom stereocenters. The molecule has 0 aliphatic heterocycles. The Morgan fingerprint density at radius 3 is 2.62 bits per heavy atom. The number of nitriles is 1. The topological polar surface area (TPSA) is 121 Å². The van der Waals surface area contributed by atoms with Gasteiger partial charge in [-0.25, -0.2) is 9.78 Å². The van der Waals surface area contributed by atoms with Gasteiger partial charge in [0.15, 0.2) is 0 Å². The number of nitrogens with zero attached hydrogens (tertiary/aromatic N) is 3. The summed E-state index contributed by atoms with van der Waals surface area (Å²) in [7, 11) is 1.61. The third-order valence-corrected chi connectivity index (χ3v) is 8.68. The highest BCUT2D eigenvalue weighted by Crippen LogP contribution is 2.60. The van der Waals surface area contributed by atoms with Crippen molar-refractivity contribution < 1.29 is 14.3 Å². The smallest absolute Gasteiger partial charge is 0.407 e. The predicted molar refractivity (Wildman–Crippen MR) is 150 cm³/mol. The Morgan fingerprint density at radius 1 is 1.21 bits per heavy atom. The van der Waals surface area contributed by atoms with Crippen LogP contribution in [0, 0.1) is 34.5 Å². The van der Waals surface area contributed by atoms with Crippen molar-refractivity contribution in [3.8, 4) is 11.8 Å². The molecule has 4 fully saturated rings. The molecule has 1 aromatic carbocycles. The van der Waals surface area contributed by atoms with Crippen molar-refractivity contribution in [3.63, 3.8) is 0 Å². The van der Waals surface area contributed by atoms with Gasteiger partial charge in [0.25, 0.3) is 0 Å². The molecule has 9 nitrogen and oxygen atoms in total. The van der Waals surface area contributed by atoms with Gasteiger partial charge in [-0.3, -0.25) is 0 Å². The van der Waals surface area contributed by atoms with Gasteiger partial charge in [0, 0.05) is 24.2 Å². The van der Waals surface area contributed by atoms with E-state index in [1.807, 2.05) is 32.9 Å². The van der Waals surface area contributed by atoms with Gasteiger partial charge in [-0.2, -0.15) is 10.2 Å². The molecular formula is C29H37ClN6O3. The van der Waals surface area contributed by atoms with E-state index in [4.69, 9.17) is 21.1 Å². The Balaban J connectivity index is 1.24. The standard InChI is InChI=1S/C29H37ClN6O3/c1-28(2,3)39-27(37)35-24-18-7-17-8-19(24)12-29(10-17,11-18)16-34-25-21(13-31)15-33-26(36-25)32-14-20-9-22(38-4)5-6-23(20)30/h5-6,9,15,17-19,24H,7-8,10-12,14,16H2,1-4H3,(H,35,37)(H2,32,33,34,36)/t17?,18-,19+,24?,29?. The second-order valence-electron chi connectivity index (χ2n) is 12.4. The molecule has 1 amide bonds. The summed E-state index contributed by atoms with van der Waals surface area (Å²) in [6, 6.07) is 7.85. The number of hydrogen-bond acceptors (Lipinski definition) is 8. The maximum absolute atomic E-state index is 12.5. The fourth-order valence-corrected chi connectivity index (χ4v) is 7.22. The maximum atomic E-state index is 12.5. The quantitative estimate of drug-likeness (QED) is 0.378. The lowest BCUT2D eigenvalue weighted by atomic mass is 9.48. The van der Waals surface area contributed by atoms with Gasteiger partial charge in [-0.1, -0.05) is 11.6 Å². The van der Waals surface area contributed by atoms with E-state index in [1.165, 1.54) is 6.42 Å². The van der Waals surface area contributed by atoms with Gasteiger partial charge in [0.2, 0.25) is 5.95 Å². The SMILES string of the molecule is COc1ccc(Cl)c(CNc2ncc(C#N)c(NCC34CC5C[C@H](C3)C(NC(=O)OC(C)(C)C)[C@@H](C5)C4)n2)c1. The first-order valence-corrected chi connectivity index (χ1v) is 14.0. The predicted octanol–water partition coefficient (Wildman–Crippen LogP) is 5.75. The highest BCUT2D eigenvalue weighted by atomic mass is 35.5. The molecule has 0 saturated heterocycles. The van der Waals surface area contributed by atoms with Crippen LogP contribution in [0.4, 0.5) is 16.6 Å². The van der Waals surface area contributed by atoms with E-state index < -0.39 is 5.60 Å². The molecule has 3 N–H and O–H groups in total. The first kappa shape index (κ1) is 27.3. The third-order valence-electron chi connectivity index (χ3n) is 8.31. The van der Waals surface area contributed by atoms with E-state index in [0.29, 0.717) is 46.7 Å². The van der Waals surface area contributed by atoms with Crippen molar-refractivity contribution in [2.24, 2.45) is 23.2 Å². The molecule has 4 aliphatic carbocycles. The monoisotopic (exact) mass is 552 g/mol. The number of carbonyl (C=O) groups excluding carboxylic acids is 1. The molecule has 1 heterocycles. The highest BCUT2D eigenvalue weighted by molar-refractivity contribution is 6.31. The molecule has 4 aliphatic rings. The number of anilines is 2. The molecule has 208 valence electrons. The van der Waals surface area contributed by atoms with Crippen LogP contribution in [0.5, 0.6) is 5.75 Å². The summed E-state index contributed by atoms with van der Waals surface area (Å²) < 4.78 is 10.8. The number of amides is 1. The van der Waals surface area contributed by atoms with E-state index in [2.05, 4.69) is 32.0 Å². The summed E-state index contributed by atoms with van der Waals surface area (Å²) in [5.41, 5.74) is 0.892. The summed E-state index contributed by atoms with van der Waals surface area (Å²) in [6.07, 6.45) is 6.78. The van der Waals surface area contributed by atoms with Crippen LogP contribution >= 0.6 is 11.6 Å². The number of hydrogen-bond donors (Lipinski definition) is 3. The third kappa shape index (κ3) is 6.17. The second-order valence-corrected chi connectivity index (χ2v) is 12.8. The van der Waals surface area contributed by atoms with Crippen molar-refractivity contribution in [2.75, 3.05) is 24.3 Å². The zero-order valence-corrected chi connectivity index (χ0v) is 23.8. The van der Waals surface area contributed by atoms with Crippen LogP contribution in [-0.4, -0.2) is 41.4 Å². The van der Waals surface area contributed by atoms with Crippen LogP contribution in [0.3, 0.4) is 0 Å². The fraction of sp³-hybridized carbons (Fsp3) is 0.586. The second kappa shape index (κ2) is 10.7. The Hall–Kier alpha value is -3.25. The van der Waals surface area contributed by atoms with Crippen molar-refractivity contribution >= 4 is 29.5 Å². The minimum absolute atomic E-state index is 0.127. The van der Waals surface area contributed by atoms with Crippen LogP contribution in [0.15, 0.2) is 24.4 Å². The van der Waals surface area contributed by atoms with Gasteiger partial charge in [0.05, 0.1) is 13.3 Å². The van der Waals surface area contributed by atoms with Gasteiger partial charge < -0.3 is 25.4 Å². The maximum Gasteiger partial charge on any atom is 0.407 e. The molecule has 0 spiro atoms. The number of aromatic nitrogens is 2.